The minimum absolute atomic E-state index is 0.0241. The van der Waals surface area contributed by atoms with E-state index in [1.807, 2.05) is 6.92 Å². The Hall–Kier alpha value is 0.0500. The number of hydrogen-bond acceptors (Lipinski definition) is 4. The van der Waals surface area contributed by atoms with Crippen LogP contribution in [0.5, 0.6) is 0 Å². The van der Waals surface area contributed by atoms with Gasteiger partial charge in [0.15, 0.2) is 0 Å². The molecule has 102 valence electrons. The first kappa shape index (κ1) is 14.5. The van der Waals surface area contributed by atoms with E-state index in [2.05, 4.69) is 20.7 Å². The molecule has 0 aromatic carbocycles. The summed E-state index contributed by atoms with van der Waals surface area (Å²) in [6, 6.07) is 1.95. The van der Waals surface area contributed by atoms with Crippen LogP contribution < -0.4 is 10.5 Å². The molecule has 1 fully saturated rings. The number of rotatable bonds is 3. The van der Waals surface area contributed by atoms with Crippen molar-refractivity contribution in [1.82, 2.24) is 4.72 Å². The highest BCUT2D eigenvalue weighted by Crippen LogP contribution is 2.31. The van der Waals surface area contributed by atoms with E-state index in [4.69, 9.17) is 5.73 Å². The van der Waals surface area contributed by atoms with Crippen molar-refractivity contribution in [1.29, 1.82) is 0 Å². The SMILES string of the molecule is Cc1cc(S(=O)(=O)NC2CCC(N)CC2)sc1Br. The van der Waals surface area contributed by atoms with Crippen molar-refractivity contribution in [3.05, 3.63) is 15.4 Å². The first-order valence-electron chi connectivity index (χ1n) is 5.92. The van der Waals surface area contributed by atoms with Gasteiger partial charge >= 0.3 is 0 Å². The second kappa shape index (κ2) is 5.58. The van der Waals surface area contributed by atoms with Crippen LogP contribution in [0.25, 0.3) is 0 Å². The molecule has 0 unspecified atom stereocenters. The number of thiophene rings is 1. The molecular formula is C11H17BrN2O2S2. The lowest BCUT2D eigenvalue weighted by Crippen LogP contribution is -2.40. The molecule has 1 aromatic rings. The molecule has 0 aliphatic heterocycles. The molecule has 0 bridgehead atoms. The minimum atomic E-state index is -3.38. The third kappa shape index (κ3) is 3.33. The van der Waals surface area contributed by atoms with Crippen LogP contribution in [0.4, 0.5) is 0 Å². The topological polar surface area (TPSA) is 72.2 Å². The van der Waals surface area contributed by atoms with Crippen molar-refractivity contribution in [3.63, 3.8) is 0 Å². The van der Waals surface area contributed by atoms with E-state index in [1.165, 1.54) is 11.3 Å². The van der Waals surface area contributed by atoms with Gasteiger partial charge in [0, 0.05) is 12.1 Å². The number of aryl methyl sites for hydroxylation is 1. The Balaban J connectivity index is 2.08. The molecule has 1 heterocycles. The molecule has 4 nitrogen and oxygen atoms in total. The van der Waals surface area contributed by atoms with Gasteiger partial charge in [-0.3, -0.25) is 0 Å². The zero-order valence-electron chi connectivity index (χ0n) is 10.1. The molecule has 1 aromatic heterocycles. The van der Waals surface area contributed by atoms with Crippen LogP contribution in [0.15, 0.2) is 14.1 Å². The van der Waals surface area contributed by atoms with Gasteiger partial charge in [0.2, 0.25) is 10.0 Å². The lowest BCUT2D eigenvalue weighted by Gasteiger charge is -2.26. The van der Waals surface area contributed by atoms with Crippen LogP contribution >= 0.6 is 27.3 Å². The molecule has 0 saturated heterocycles. The van der Waals surface area contributed by atoms with Crippen molar-refractivity contribution >= 4 is 37.3 Å². The van der Waals surface area contributed by atoms with Crippen molar-refractivity contribution in [2.75, 3.05) is 0 Å². The molecule has 2 rings (SSSR count). The molecule has 18 heavy (non-hydrogen) atoms. The number of sulfonamides is 1. The Morgan fingerprint density at radius 2 is 2.00 bits per heavy atom. The summed E-state index contributed by atoms with van der Waals surface area (Å²) in [4.78, 5) is 0. The van der Waals surface area contributed by atoms with Crippen LogP contribution in [0.1, 0.15) is 31.2 Å². The summed E-state index contributed by atoms with van der Waals surface area (Å²) in [6.45, 7) is 1.89. The highest BCUT2D eigenvalue weighted by molar-refractivity contribution is 9.11. The van der Waals surface area contributed by atoms with Crippen LogP contribution in [0, 0.1) is 6.92 Å². The van der Waals surface area contributed by atoms with Crippen LogP contribution in [0.2, 0.25) is 0 Å². The van der Waals surface area contributed by atoms with E-state index in [-0.39, 0.29) is 12.1 Å². The van der Waals surface area contributed by atoms with E-state index in [0.717, 1.165) is 35.0 Å². The predicted octanol–water partition coefficient (Wildman–Crippen LogP) is 2.37. The van der Waals surface area contributed by atoms with Crippen molar-refractivity contribution in [3.8, 4) is 0 Å². The normalized spacial score (nSPS) is 25.3. The van der Waals surface area contributed by atoms with Crippen molar-refractivity contribution < 1.29 is 8.42 Å². The Morgan fingerprint density at radius 1 is 1.39 bits per heavy atom. The summed E-state index contributed by atoms with van der Waals surface area (Å²) < 4.78 is 28.4. The average Bonchev–Trinajstić information content (AvgIpc) is 2.63. The standard InChI is InChI=1S/C11H17BrN2O2S2/c1-7-6-10(17-11(7)12)18(15,16)14-9-4-2-8(13)3-5-9/h6,8-9,14H,2-5,13H2,1H3. The molecule has 0 spiro atoms. The molecule has 7 heteroatoms. The third-order valence-corrected chi connectivity index (χ3v) is 7.32. The van der Waals surface area contributed by atoms with Gasteiger partial charge in [0.1, 0.15) is 4.21 Å². The summed E-state index contributed by atoms with van der Waals surface area (Å²) in [7, 11) is -3.38. The van der Waals surface area contributed by atoms with E-state index in [0.29, 0.717) is 4.21 Å². The molecule has 3 N–H and O–H groups in total. The molecule has 0 amide bonds. The Labute approximate surface area is 120 Å². The Bertz CT molecular complexity index is 500. The van der Waals surface area contributed by atoms with E-state index in [1.54, 1.807) is 6.07 Å². The summed E-state index contributed by atoms with van der Waals surface area (Å²) in [6.07, 6.45) is 3.43. The third-order valence-electron chi connectivity index (χ3n) is 3.19. The lowest BCUT2D eigenvalue weighted by molar-refractivity contribution is 0.374. The zero-order valence-corrected chi connectivity index (χ0v) is 13.4. The van der Waals surface area contributed by atoms with Crippen LogP contribution in [-0.2, 0) is 10.0 Å². The summed E-state index contributed by atoms with van der Waals surface area (Å²) in [5.41, 5.74) is 6.76. The van der Waals surface area contributed by atoms with Gasteiger partial charge < -0.3 is 5.73 Å². The van der Waals surface area contributed by atoms with Gasteiger partial charge in [-0.15, -0.1) is 11.3 Å². The highest BCUT2D eigenvalue weighted by atomic mass is 79.9. The summed E-state index contributed by atoms with van der Waals surface area (Å²) >= 11 is 4.60. The van der Waals surface area contributed by atoms with Crippen LogP contribution in [0.3, 0.4) is 0 Å². The minimum Gasteiger partial charge on any atom is -0.328 e. The van der Waals surface area contributed by atoms with Gasteiger partial charge in [0.25, 0.3) is 0 Å². The fraction of sp³-hybridized carbons (Fsp3) is 0.636. The second-order valence-electron chi connectivity index (χ2n) is 4.76. The quantitative estimate of drug-likeness (QED) is 0.876. The fourth-order valence-corrected chi connectivity index (χ4v) is 5.63. The number of halogens is 1. The maximum absolute atomic E-state index is 12.2. The van der Waals surface area contributed by atoms with Gasteiger partial charge in [-0.2, -0.15) is 0 Å². The molecule has 1 saturated carbocycles. The first-order chi connectivity index (χ1) is 8.38. The molecule has 1 aliphatic rings. The second-order valence-corrected chi connectivity index (χ2v) is 9.07. The largest absolute Gasteiger partial charge is 0.328 e. The molecular weight excluding hydrogens is 336 g/mol. The molecule has 1 aliphatic carbocycles. The van der Waals surface area contributed by atoms with Crippen molar-refractivity contribution in [2.24, 2.45) is 5.73 Å². The number of hydrogen-bond donors (Lipinski definition) is 2. The monoisotopic (exact) mass is 352 g/mol. The maximum Gasteiger partial charge on any atom is 0.250 e. The summed E-state index contributed by atoms with van der Waals surface area (Å²) in [5, 5.41) is 0. The predicted molar refractivity (Wildman–Crippen MR) is 77.3 cm³/mol. The summed E-state index contributed by atoms with van der Waals surface area (Å²) in [5.74, 6) is 0. The smallest absolute Gasteiger partial charge is 0.250 e. The van der Waals surface area contributed by atoms with E-state index < -0.39 is 10.0 Å². The van der Waals surface area contributed by atoms with Gasteiger partial charge in [-0.05, 0) is 60.2 Å². The van der Waals surface area contributed by atoms with Gasteiger partial charge in [0.05, 0.1) is 3.79 Å². The maximum atomic E-state index is 12.2. The van der Waals surface area contributed by atoms with Crippen LogP contribution in [-0.4, -0.2) is 20.5 Å². The first-order valence-corrected chi connectivity index (χ1v) is 9.01. The van der Waals surface area contributed by atoms with Gasteiger partial charge in [-0.25, -0.2) is 13.1 Å². The zero-order chi connectivity index (χ0) is 13.3. The molecule has 0 atom stereocenters. The van der Waals surface area contributed by atoms with E-state index in [9.17, 15) is 8.42 Å². The Kier molecular flexibility index (Phi) is 4.48. The van der Waals surface area contributed by atoms with Gasteiger partial charge in [-0.1, -0.05) is 0 Å². The number of nitrogens with one attached hydrogen (secondary N) is 1. The molecule has 0 radical (unpaired) electrons. The average molecular weight is 353 g/mol. The Morgan fingerprint density at radius 3 is 2.50 bits per heavy atom. The highest BCUT2D eigenvalue weighted by Gasteiger charge is 2.25. The lowest BCUT2D eigenvalue weighted by atomic mass is 9.93. The fourth-order valence-electron chi connectivity index (χ4n) is 2.08. The van der Waals surface area contributed by atoms with Crippen molar-refractivity contribution in [2.45, 2.75) is 48.9 Å². The number of nitrogens with two attached hydrogens (primary N) is 1. The van der Waals surface area contributed by atoms with E-state index >= 15 is 0 Å².